The molecule has 14 heavy (non-hydrogen) atoms. The first kappa shape index (κ1) is 13.4. The van der Waals surface area contributed by atoms with Crippen LogP contribution in [0.15, 0.2) is 0 Å². The van der Waals surface area contributed by atoms with E-state index in [4.69, 9.17) is 0 Å². The average Bonchev–Trinajstić information content (AvgIpc) is 2.09. The first-order valence-corrected chi connectivity index (χ1v) is 5.04. The van der Waals surface area contributed by atoms with Crippen LogP contribution in [0.4, 0.5) is 0 Å². The van der Waals surface area contributed by atoms with Crippen LogP contribution < -0.4 is 5.32 Å². The molecule has 0 heterocycles. The fourth-order valence-electron chi connectivity index (χ4n) is 1.28. The van der Waals surface area contributed by atoms with Crippen molar-refractivity contribution >= 4 is 5.91 Å². The Balaban J connectivity index is 3.86. The van der Waals surface area contributed by atoms with Crippen molar-refractivity contribution in [1.82, 2.24) is 10.2 Å². The van der Waals surface area contributed by atoms with Gasteiger partial charge in [-0.15, -0.1) is 0 Å². The van der Waals surface area contributed by atoms with Gasteiger partial charge in [0.2, 0.25) is 5.91 Å². The molecule has 0 aromatic carbocycles. The molecule has 0 aliphatic carbocycles. The second kappa shape index (κ2) is 5.98. The number of hydrogen-bond donors (Lipinski definition) is 2. The summed E-state index contributed by atoms with van der Waals surface area (Å²) in [4.78, 5) is 13.1. The van der Waals surface area contributed by atoms with Crippen LogP contribution in [0.5, 0.6) is 0 Å². The molecular formula is C10H22N2O2. The van der Waals surface area contributed by atoms with Gasteiger partial charge in [-0.25, -0.2) is 0 Å². The Morgan fingerprint density at radius 3 is 2.43 bits per heavy atom. The predicted molar refractivity (Wildman–Crippen MR) is 57.1 cm³/mol. The number of rotatable bonds is 6. The Bertz CT molecular complexity index is 175. The quantitative estimate of drug-likeness (QED) is 0.647. The Kier molecular flexibility index (Phi) is 5.72. The molecule has 0 bridgehead atoms. The monoisotopic (exact) mass is 202 g/mol. The summed E-state index contributed by atoms with van der Waals surface area (Å²) in [5, 5.41) is 12.2. The number of hydrogen-bond acceptors (Lipinski definition) is 3. The van der Waals surface area contributed by atoms with Crippen LogP contribution in [0.3, 0.4) is 0 Å². The highest BCUT2D eigenvalue weighted by atomic mass is 16.3. The summed E-state index contributed by atoms with van der Waals surface area (Å²) in [5.41, 5.74) is -0.696. The van der Waals surface area contributed by atoms with Crippen LogP contribution in [0.2, 0.25) is 0 Å². The zero-order valence-electron chi connectivity index (χ0n) is 9.63. The summed E-state index contributed by atoms with van der Waals surface area (Å²) in [6, 6.07) is 0. The maximum Gasteiger partial charge on any atom is 0.221 e. The molecule has 0 fully saturated rings. The lowest BCUT2D eigenvalue weighted by Crippen LogP contribution is -2.40. The molecule has 4 nitrogen and oxygen atoms in total. The number of amides is 1. The summed E-state index contributed by atoms with van der Waals surface area (Å²) in [6.45, 7) is 7.71. The molecular weight excluding hydrogens is 180 g/mol. The molecule has 0 saturated heterocycles. The van der Waals surface area contributed by atoms with Crippen molar-refractivity contribution in [3.05, 3.63) is 0 Å². The molecule has 2 N–H and O–H groups in total. The third-order valence-corrected chi connectivity index (χ3v) is 1.99. The number of nitrogens with one attached hydrogen (secondary N) is 1. The average molecular weight is 202 g/mol. The van der Waals surface area contributed by atoms with Gasteiger partial charge < -0.3 is 15.3 Å². The molecule has 4 heteroatoms. The molecule has 1 amide bonds. The van der Waals surface area contributed by atoms with Crippen molar-refractivity contribution in [3.63, 3.8) is 0 Å². The Labute approximate surface area is 86.3 Å². The summed E-state index contributed by atoms with van der Waals surface area (Å²) < 4.78 is 0. The normalized spacial score (nSPS) is 11.9. The van der Waals surface area contributed by atoms with Crippen LogP contribution in [0, 0.1) is 0 Å². The molecule has 0 atom stereocenters. The number of aliphatic hydroxyl groups is 1. The number of nitrogens with zero attached hydrogens (tertiary/aromatic N) is 1. The minimum absolute atomic E-state index is 0.0409. The number of likely N-dealkylation sites (N-methyl/N-ethyl adjacent to an activating group) is 1. The van der Waals surface area contributed by atoms with Gasteiger partial charge in [0.05, 0.1) is 5.60 Å². The van der Waals surface area contributed by atoms with E-state index in [2.05, 4.69) is 10.2 Å². The van der Waals surface area contributed by atoms with Crippen molar-refractivity contribution in [3.8, 4) is 0 Å². The van der Waals surface area contributed by atoms with E-state index in [1.165, 1.54) is 0 Å². The van der Waals surface area contributed by atoms with E-state index >= 15 is 0 Å². The highest BCUT2D eigenvalue weighted by Crippen LogP contribution is 2.04. The fourth-order valence-corrected chi connectivity index (χ4v) is 1.28. The van der Waals surface area contributed by atoms with Gasteiger partial charge in [0.15, 0.2) is 0 Å². The molecule has 0 unspecified atom stereocenters. The van der Waals surface area contributed by atoms with E-state index in [1.807, 2.05) is 6.92 Å². The first-order valence-electron chi connectivity index (χ1n) is 5.04. The maximum absolute atomic E-state index is 11.0. The zero-order valence-corrected chi connectivity index (χ0v) is 9.63. The lowest BCUT2D eigenvalue weighted by atomic mass is 10.1. The SMILES string of the molecule is CCN(CCC(=O)NC)CC(C)(C)O. The number of carbonyl (C=O) groups excluding carboxylic acids is 1. The fraction of sp³-hybridized carbons (Fsp3) is 0.900. The van der Waals surface area contributed by atoms with Gasteiger partial charge in [-0.1, -0.05) is 6.92 Å². The minimum Gasteiger partial charge on any atom is -0.389 e. The molecule has 0 aromatic rings. The van der Waals surface area contributed by atoms with Crippen molar-refractivity contribution in [2.24, 2.45) is 0 Å². The van der Waals surface area contributed by atoms with Crippen molar-refractivity contribution in [2.45, 2.75) is 32.8 Å². The zero-order chi connectivity index (χ0) is 11.2. The largest absolute Gasteiger partial charge is 0.389 e. The third-order valence-electron chi connectivity index (χ3n) is 1.99. The molecule has 0 aliphatic heterocycles. The van der Waals surface area contributed by atoms with E-state index in [1.54, 1.807) is 20.9 Å². The lowest BCUT2D eigenvalue weighted by molar-refractivity contribution is -0.121. The summed E-state index contributed by atoms with van der Waals surface area (Å²) in [7, 11) is 1.63. The number of carbonyl (C=O) groups is 1. The van der Waals surface area contributed by atoms with Crippen LogP contribution in [-0.4, -0.2) is 48.2 Å². The maximum atomic E-state index is 11.0. The first-order chi connectivity index (χ1) is 6.39. The molecule has 0 rings (SSSR count). The molecule has 0 saturated carbocycles. The summed E-state index contributed by atoms with van der Waals surface area (Å²) >= 11 is 0. The van der Waals surface area contributed by atoms with Crippen LogP contribution in [-0.2, 0) is 4.79 Å². The smallest absolute Gasteiger partial charge is 0.221 e. The van der Waals surface area contributed by atoms with Gasteiger partial charge in [0.25, 0.3) is 0 Å². The van der Waals surface area contributed by atoms with E-state index in [-0.39, 0.29) is 5.91 Å². The second-order valence-electron chi connectivity index (χ2n) is 4.10. The van der Waals surface area contributed by atoms with E-state index < -0.39 is 5.60 Å². The Morgan fingerprint density at radius 2 is 2.07 bits per heavy atom. The molecule has 0 spiro atoms. The lowest BCUT2D eigenvalue weighted by Gasteiger charge is -2.27. The Hall–Kier alpha value is -0.610. The van der Waals surface area contributed by atoms with Crippen LogP contribution in [0.1, 0.15) is 27.2 Å². The second-order valence-corrected chi connectivity index (χ2v) is 4.10. The summed E-state index contributed by atoms with van der Waals surface area (Å²) in [6.07, 6.45) is 0.487. The highest BCUT2D eigenvalue weighted by Gasteiger charge is 2.17. The standard InChI is InChI=1S/C10H22N2O2/c1-5-12(8-10(2,3)14)7-6-9(13)11-4/h14H,5-8H2,1-4H3,(H,11,13). The van der Waals surface area contributed by atoms with Crippen molar-refractivity contribution < 1.29 is 9.90 Å². The Morgan fingerprint density at radius 1 is 1.50 bits per heavy atom. The highest BCUT2D eigenvalue weighted by molar-refractivity contribution is 5.75. The van der Waals surface area contributed by atoms with Gasteiger partial charge in [-0.05, 0) is 20.4 Å². The van der Waals surface area contributed by atoms with Crippen LogP contribution in [0.25, 0.3) is 0 Å². The molecule has 0 aliphatic rings. The van der Waals surface area contributed by atoms with Gasteiger partial charge >= 0.3 is 0 Å². The van der Waals surface area contributed by atoms with Crippen LogP contribution >= 0.6 is 0 Å². The van der Waals surface area contributed by atoms with Gasteiger partial charge in [-0.2, -0.15) is 0 Å². The van der Waals surface area contributed by atoms with E-state index in [0.717, 1.165) is 6.54 Å². The molecule has 84 valence electrons. The van der Waals surface area contributed by atoms with Crippen molar-refractivity contribution in [2.75, 3.05) is 26.7 Å². The predicted octanol–water partition coefficient (Wildman–Crippen LogP) is 0.215. The summed E-state index contributed by atoms with van der Waals surface area (Å²) in [5.74, 6) is 0.0409. The van der Waals surface area contributed by atoms with E-state index in [9.17, 15) is 9.90 Å². The van der Waals surface area contributed by atoms with E-state index in [0.29, 0.717) is 19.5 Å². The minimum atomic E-state index is -0.696. The molecule has 0 aromatic heterocycles. The van der Waals surface area contributed by atoms with Crippen molar-refractivity contribution in [1.29, 1.82) is 0 Å². The topological polar surface area (TPSA) is 52.6 Å². The van der Waals surface area contributed by atoms with Gasteiger partial charge in [0.1, 0.15) is 0 Å². The van der Waals surface area contributed by atoms with Gasteiger partial charge in [-0.3, -0.25) is 4.79 Å². The molecule has 0 radical (unpaired) electrons. The van der Waals surface area contributed by atoms with Gasteiger partial charge in [0, 0.05) is 26.6 Å². The third kappa shape index (κ3) is 6.86.